The molecule has 2 aromatic carbocycles. The molecule has 0 saturated carbocycles. The molecule has 0 bridgehead atoms. The van der Waals surface area contributed by atoms with E-state index in [0.717, 1.165) is 17.0 Å². The number of β-amino-alcohol motifs (C(OH)–C–C–N with tert-alkyl or cyclic N) is 1. The van der Waals surface area contributed by atoms with Gasteiger partial charge in [0.1, 0.15) is 11.3 Å². The maximum atomic E-state index is 13.1. The van der Waals surface area contributed by atoms with Gasteiger partial charge in [0.15, 0.2) is 0 Å². The van der Waals surface area contributed by atoms with Crippen molar-refractivity contribution in [1.29, 1.82) is 0 Å². The van der Waals surface area contributed by atoms with Crippen molar-refractivity contribution >= 4 is 11.9 Å². The van der Waals surface area contributed by atoms with Gasteiger partial charge in [-0.1, -0.05) is 31.2 Å². The number of methoxy groups -OCH3 is 1. The summed E-state index contributed by atoms with van der Waals surface area (Å²) in [6.07, 6.45) is -5.78. The molecule has 2 atom stereocenters. The maximum Gasteiger partial charge on any atom is 0.416 e. The highest BCUT2D eigenvalue weighted by molar-refractivity contribution is 6.07. The van der Waals surface area contributed by atoms with Gasteiger partial charge >= 0.3 is 12.2 Å². The van der Waals surface area contributed by atoms with E-state index in [9.17, 15) is 27.9 Å². The lowest BCUT2D eigenvalue weighted by Gasteiger charge is -2.26. The predicted octanol–water partition coefficient (Wildman–Crippen LogP) is 3.60. The van der Waals surface area contributed by atoms with Crippen LogP contribution in [0.2, 0.25) is 0 Å². The monoisotopic (exact) mass is 422 g/mol. The van der Waals surface area contributed by atoms with Crippen molar-refractivity contribution in [2.75, 3.05) is 13.7 Å². The SMILES string of the molecule is CCC1(c2ccc(OC)cc2)NC(=O)N(CC(O)c2cccc(C(F)(F)F)c2)C1=O. The van der Waals surface area contributed by atoms with Gasteiger partial charge in [-0.3, -0.25) is 9.69 Å². The minimum absolute atomic E-state index is 0.0381. The average Bonchev–Trinajstić information content (AvgIpc) is 2.98. The number of nitrogens with one attached hydrogen (secondary N) is 1. The molecule has 0 spiro atoms. The molecule has 3 rings (SSSR count). The number of aliphatic hydroxyl groups is 1. The van der Waals surface area contributed by atoms with Gasteiger partial charge in [0.05, 0.1) is 25.3 Å². The topological polar surface area (TPSA) is 78.9 Å². The summed E-state index contributed by atoms with van der Waals surface area (Å²) in [7, 11) is 1.50. The van der Waals surface area contributed by atoms with Crippen LogP contribution in [0.3, 0.4) is 0 Å². The molecule has 0 aromatic heterocycles. The molecule has 2 unspecified atom stereocenters. The fourth-order valence-electron chi connectivity index (χ4n) is 3.51. The minimum atomic E-state index is -4.57. The summed E-state index contributed by atoms with van der Waals surface area (Å²) in [4.78, 5) is 26.5. The molecule has 2 N–H and O–H groups in total. The molecule has 6 nitrogen and oxygen atoms in total. The molecule has 0 aliphatic carbocycles. The summed E-state index contributed by atoms with van der Waals surface area (Å²) in [6, 6.07) is 10.1. The highest BCUT2D eigenvalue weighted by Crippen LogP contribution is 2.35. The van der Waals surface area contributed by atoms with E-state index >= 15 is 0 Å². The first kappa shape index (κ1) is 21.6. The Kier molecular flexibility index (Phi) is 5.76. The molecule has 30 heavy (non-hydrogen) atoms. The number of aliphatic hydroxyl groups excluding tert-OH is 1. The Hall–Kier alpha value is -3.07. The number of ether oxygens (including phenoxy) is 1. The van der Waals surface area contributed by atoms with Crippen LogP contribution in [0.5, 0.6) is 5.75 Å². The van der Waals surface area contributed by atoms with E-state index in [1.807, 2.05) is 0 Å². The zero-order valence-corrected chi connectivity index (χ0v) is 16.4. The maximum absolute atomic E-state index is 13.1. The first-order valence-electron chi connectivity index (χ1n) is 9.26. The van der Waals surface area contributed by atoms with Crippen molar-refractivity contribution < 1.29 is 32.6 Å². The zero-order chi connectivity index (χ0) is 22.1. The van der Waals surface area contributed by atoms with Gasteiger partial charge in [-0.05, 0) is 41.8 Å². The lowest BCUT2D eigenvalue weighted by Crippen LogP contribution is -2.43. The number of nitrogens with zero attached hydrogens (tertiary/aromatic N) is 1. The quantitative estimate of drug-likeness (QED) is 0.698. The summed E-state index contributed by atoms with van der Waals surface area (Å²) in [5.41, 5.74) is -1.74. The molecular formula is C21H21F3N2O4. The molecular weight excluding hydrogens is 401 g/mol. The van der Waals surface area contributed by atoms with E-state index in [1.54, 1.807) is 31.2 Å². The molecule has 0 radical (unpaired) electrons. The van der Waals surface area contributed by atoms with Gasteiger partial charge in [-0.2, -0.15) is 13.2 Å². The molecule has 1 aliphatic heterocycles. The van der Waals surface area contributed by atoms with E-state index in [-0.39, 0.29) is 12.0 Å². The lowest BCUT2D eigenvalue weighted by atomic mass is 9.87. The molecule has 9 heteroatoms. The van der Waals surface area contributed by atoms with E-state index in [1.165, 1.54) is 19.2 Å². The fourth-order valence-corrected chi connectivity index (χ4v) is 3.51. The van der Waals surface area contributed by atoms with Gasteiger partial charge in [0, 0.05) is 0 Å². The second-order valence-corrected chi connectivity index (χ2v) is 6.97. The minimum Gasteiger partial charge on any atom is -0.497 e. The van der Waals surface area contributed by atoms with Crippen molar-refractivity contribution in [1.82, 2.24) is 10.2 Å². The van der Waals surface area contributed by atoms with Crippen LogP contribution in [0.25, 0.3) is 0 Å². The molecule has 160 valence electrons. The number of hydrogen-bond acceptors (Lipinski definition) is 4. The fraction of sp³-hybridized carbons (Fsp3) is 0.333. The standard InChI is InChI=1S/C21H21F3N2O4/c1-3-20(14-7-9-16(30-2)10-8-14)18(28)26(19(29)25-20)12-17(27)13-5-4-6-15(11-13)21(22,23)24/h4-11,17,27H,3,12H2,1-2H3,(H,25,29). The number of carbonyl (C=O) groups excluding carboxylic acids is 2. The number of carbonyl (C=O) groups is 2. The van der Waals surface area contributed by atoms with Crippen molar-refractivity contribution in [2.24, 2.45) is 0 Å². The normalized spacial score (nSPS) is 20.3. The third-order valence-electron chi connectivity index (χ3n) is 5.24. The first-order valence-corrected chi connectivity index (χ1v) is 9.26. The molecule has 1 saturated heterocycles. The summed E-state index contributed by atoms with van der Waals surface area (Å²) in [5.74, 6) is 0.00444. The second kappa shape index (κ2) is 7.98. The number of amides is 3. The smallest absolute Gasteiger partial charge is 0.416 e. The zero-order valence-electron chi connectivity index (χ0n) is 16.4. The summed E-state index contributed by atoms with van der Waals surface area (Å²) in [5, 5.41) is 13.1. The summed E-state index contributed by atoms with van der Waals surface area (Å²) in [6.45, 7) is 1.26. The Morgan fingerprint density at radius 3 is 2.40 bits per heavy atom. The molecule has 1 aliphatic rings. The van der Waals surface area contributed by atoms with E-state index in [4.69, 9.17) is 4.74 Å². The van der Waals surface area contributed by atoms with Crippen LogP contribution in [0, 0.1) is 0 Å². The van der Waals surface area contributed by atoms with Crippen LogP contribution in [0.1, 0.15) is 36.1 Å². The number of rotatable bonds is 6. The summed E-state index contributed by atoms with van der Waals surface area (Å²) < 4.78 is 43.9. The highest BCUT2D eigenvalue weighted by Gasteiger charge is 2.51. The van der Waals surface area contributed by atoms with E-state index < -0.39 is 41.9 Å². The Morgan fingerprint density at radius 2 is 1.83 bits per heavy atom. The third-order valence-corrected chi connectivity index (χ3v) is 5.24. The van der Waals surface area contributed by atoms with E-state index in [2.05, 4.69) is 5.32 Å². The molecule has 3 amide bonds. The van der Waals surface area contributed by atoms with Crippen LogP contribution in [-0.2, 0) is 16.5 Å². The largest absolute Gasteiger partial charge is 0.497 e. The van der Waals surface area contributed by atoms with Gasteiger partial charge in [-0.15, -0.1) is 0 Å². The number of alkyl halides is 3. The summed E-state index contributed by atoms with van der Waals surface area (Å²) >= 11 is 0. The lowest BCUT2D eigenvalue weighted by molar-refractivity contribution is -0.138. The Balaban J connectivity index is 1.85. The average molecular weight is 422 g/mol. The Labute approximate surface area is 171 Å². The number of hydrogen-bond donors (Lipinski definition) is 2. The highest BCUT2D eigenvalue weighted by atomic mass is 19.4. The van der Waals surface area contributed by atoms with Gasteiger partial charge in [0.25, 0.3) is 5.91 Å². The number of imide groups is 1. The van der Waals surface area contributed by atoms with Crippen molar-refractivity contribution in [3.63, 3.8) is 0 Å². The number of urea groups is 1. The van der Waals surface area contributed by atoms with Crippen LogP contribution in [0.4, 0.5) is 18.0 Å². The third kappa shape index (κ3) is 3.85. The van der Waals surface area contributed by atoms with Gasteiger partial charge in [-0.25, -0.2) is 4.79 Å². The van der Waals surface area contributed by atoms with Crippen LogP contribution in [0.15, 0.2) is 48.5 Å². The molecule has 2 aromatic rings. The number of benzene rings is 2. The second-order valence-electron chi connectivity index (χ2n) is 6.97. The Bertz CT molecular complexity index is 946. The predicted molar refractivity (Wildman–Crippen MR) is 102 cm³/mol. The van der Waals surface area contributed by atoms with Gasteiger partial charge in [0.2, 0.25) is 0 Å². The molecule has 1 fully saturated rings. The van der Waals surface area contributed by atoms with Crippen molar-refractivity contribution in [3.05, 3.63) is 65.2 Å². The van der Waals surface area contributed by atoms with Crippen LogP contribution in [-0.4, -0.2) is 35.6 Å². The molecule has 1 heterocycles. The van der Waals surface area contributed by atoms with Crippen LogP contribution < -0.4 is 10.1 Å². The Morgan fingerprint density at radius 1 is 1.17 bits per heavy atom. The van der Waals surface area contributed by atoms with Gasteiger partial charge < -0.3 is 15.2 Å². The van der Waals surface area contributed by atoms with E-state index in [0.29, 0.717) is 11.3 Å². The first-order chi connectivity index (χ1) is 14.1. The number of halogens is 3. The van der Waals surface area contributed by atoms with Crippen molar-refractivity contribution in [3.8, 4) is 5.75 Å². The van der Waals surface area contributed by atoms with Crippen molar-refractivity contribution in [2.45, 2.75) is 31.2 Å². The van der Waals surface area contributed by atoms with Crippen LogP contribution >= 0.6 is 0 Å².